The van der Waals surface area contributed by atoms with E-state index >= 15 is 0 Å². The zero-order valence-electron chi connectivity index (χ0n) is 15.4. The number of amides is 1. The number of likely N-dealkylation sites (N-methyl/N-ethyl adjacent to an activating group) is 1. The fraction of sp³-hybridized carbons (Fsp3) is 0.556. The summed E-state index contributed by atoms with van der Waals surface area (Å²) in [5, 5.41) is 15.1. The average molecular weight is 358 g/mol. The van der Waals surface area contributed by atoms with Gasteiger partial charge in [-0.1, -0.05) is 0 Å². The van der Waals surface area contributed by atoms with Gasteiger partial charge in [0.05, 0.1) is 18.7 Å². The van der Waals surface area contributed by atoms with Crippen LogP contribution < -0.4 is 4.90 Å². The molecule has 3 rings (SSSR count). The molecule has 0 unspecified atom stereocenters. The number of piperidine rings is 1. The zero-order valence-corrected chi connectivity index (χ0v) is 15.4. The van der Waals surface area contributed by atoms with Gasteiger partial charge in [-0.15, -0.1) is 0 Å². The lowest BCUT2D eigenvalue weighted by atomic mass is 9.92. The summed E-state index contributed by atoms with van der Waals surface area (Å²) in [6, 6.07) is 3.69. The summed E-state index contributed by atoms with van der Waals surface area (Å²) in [4.78, 5) is 24.6. The van der Waals surface area contributed by atoms with E-state index < -0.39 is 5.60 Å². The Kier molecular flexibility index (Phi) is 5.51. The molecule has 1 amide bonds. The number of aromatic nitrogens is 4. The van der Waals surface area contributed by atoms with Crippen LogP contribution in [-0.2, 0) is 18.3 Å². The minimum atomic E-state index is -0.950. The van der Waals surface area contributed by atoms with Crippen molar-refractivity contribution in [2.75, 3.05) is 31.6 Å². The van der Waals surface area contributed by atoms with E-state index in [1.165, 1.54) is 0 Å². The Balaban J connectivity index is 1.56. The zero-order chi connectivity index (χ0) is 18.6. The van der Waals surface area contributed by atoms with Gasteiger partial charge in [0, 0.05) is 51.3 Å². The number of carbonyl (C=O) groups is 1. The molecule has 3 heterocycles. The molecule has 2 aromatic rings. The van der Waals surface area contributed by atoms with Gasteiger partial charge in [-0.05, 0) is 31.4 Å². The number of nitrogens with zero attached hydrogens (tertiary/aromatic N) is 6. The number of aryl methyl sites for hydroxylation is 2. The number of β-amino-alcohol motifs (C(OH)–C–C–N with tert-alkyl or cyclic N) is 1. The summed E-state index contributed by atoms with van der Waals surface area (Å²) < 4.78 is 1.78. The number of aliphatic hydroxyl groups is 1. The second kappa shape index (κ2) is 7.82. The molecule has 8 heteroatoms. The van der Waals surface area contributed by atoms with Crippen molar-refractivity contribution in [2.24, 2.45) is 7.05 Å². The molecule has 1 N–H and O–H groups in total. The molecule has 1 atom stereocenters. The normalized spacial score (nSPS) is 20.2. The Bertz CT molecular complexity index is 734. The largest absolute Gasteiger partial charge is 0.386 e. The molecule has 0 bridgehead atoms. The second-order valence-electron chi connectivity index (χ2n) is 6.99. The van der Waals surface area contributed by atoms with Gasteiger partial charge in [0.25, 0.3) is 0 Å². The van der Waals surface area contributed by atoms with E-state index in [2.05, 4.69) is 15.1 Å². The van der Waals surface area contributed by atoms with Gasteiger partial charge in [-0.25, -0.2) is 9.97 Å². The van der Waals surface area contributed by atoms with Gasteiger partial charge >= 0.3 is 0 Å². The third-order valence-corrected chi connectivity index (χ3v) is 4.87. The third kappa shape index (κ3) is 4.37. The molecule has 1 fully saturated rings. The third-order valence-electron chi connectivity index (χ3n) is 4.87. The molecule has 26 heavy (non-hydrogen) atoms. The van der Waals surface area contributed by atoms with Gasteiger partial charge in [0.1, 0.15) is 0 Å². The maximum Gasteiger partial charge on any atom is 0.225 e. The van der Waals surface area contributed by atoms with Crippen molar-refractivity contribution in [3.63, 3.8) is 0 Å². The lowest BCUT2D eigenvalue weighted by Crippen LogP contribution is -2.55. The second-order valence-corrected chi connectivity index (χ2v) is 6.99. The first-order chi connectivity index (χ1) is 12.5. The Morgan fingerprint density at radius 3 is 2.81 bits per heavy atom. The predicted octanol–water partition coefficient (Wildman–Crippen LogP) is 0.633. The summed E-state index contributed by atoms with van der Waals surface area (Å²) >= 11 is 0. The molecule has 8 nitrogen and oxygen atoms in total. The van der Waals surface area contributed by atoms with E-state index in [9.17, 15) is 9.90 Å². The van der Waals surface area contributed by atoms with Crippen LogP contribution in [-0.4, -0.2) is 67.9 Å². The number of hydrogen-bond acceptors (Lipinski definition) is 6. The molecular weight excluding hydrogens is 332 g/mol. The van der Waals surface area contributed by atoms with E-state index in [0.717, 1.165) is 18.7 Å². The molecule has 0 saturated carbocycles. The van der Waals surface area contributed by atoms with Crippen molar-refractivity contribution < 1.29 is 9.90 Å². The fourth-order valence-electron chi connectivity index (χ4n) is 3.47. The highest BCUT2D eigenvalue weighted by molar-refractivity contribution is 5.76. The molecule has 1 aliphatic rings. The Morgan fingerprint density at radius 1 is 1.35 bits per heavy atom. The number of rotatable bonds is 6. The van der Waals surface area contributed by atoms with Gasteiger partial charge in [-0.3, -0.25) is 9.48 Å². The van der Waals surface area contributed by atoms with Crippen molar-refractivity contribution in [1.82, 2.24) is 24.6 Å². The maximum atomic E-state index is 12.5. The highest BCUT2D eigenvalue weighted by Gasteiger charge is 2.36. The molecule has 0 aromatic carbocycles. The average Bonchev–Trinajstić information content (AvgIpc) is 3.05. The lowest BCUT2D eigenvalue weighted by Gasteiger charge is -2.41. The lowest BCUT2D eigenvalue weighted by molar-refractivity contribution is -0.133. The highest BCUT2D eigenvalue weighted by atomic mass is 16.3. The van der Waals surface area contributed by atoms with E-state index in [4.69, 9.17) is 0 Å². The van der Waals surface area contributed by atoms with E-state index in [1.807, 2.05) is 18.0 Å². The first kappa shape index (κ1) is 18.3. The number of carbonyl (C=O) groups excluding carboxylic acids is 1. The van der Waals surface area contributed by atoms with Crippen molar-refractivity contribution >= 4 is 11.9 Å². The molecule has 140 valence electrons. The smallest absolute Gasteiger partial charge is 0.225 e. The minimum absolute atomic E-state index is 0.0210. The van der Waals surface area contributed by atoms with Crippen molar-refractivity contribution in [1.29, 1.82) is 0 Å². The maximum absolute atomic E-state index is 12.5. The SMILES string of the molecule is CN(C[C@@]1(O)CCCN(c2ncccn2)C1)C(=O)CCc1ccnn1C. The van der Waals surface area contributed by atoms with Crippen LogP contribution in [0.3, 0.4) is 0 Å². The molecular formula is C18H26N6O2. The van der Waals surface area contributed by atoms with Gasteiger partial charge in [-0.2, -0.15) is 5.10 Å². The van der Waals surface area contributed by atoms with Gasteiger partial charge in [0.2, 0.25) is 11.9 Å². The van der Waals surface area contributed by atoms with Crippen molar-refractivity contribution in [3.8, 4) is 0 Å². The quantitative estimate of drug-likeness (QED) is 0.815. The Labute approximate surface area is 153 Å². The number of hydrogen-bond donors (Lipinski definition) is 1. The van der Waals surface area contributed by atoms with Crippen LogP contribution in [0.2, 0.25) is 0 Å². The van der Waals surface area contributed by atoms with Crippen molar-refractivity contribution in [2.45, 2.75) is 31.3 Å². The van der Waals surface area contributed by atoms with Gasteiger partial charge < -0.3 is 14.9 Å². The van der Waals surface area contributed by atoms with Crippen LogP contribution in [0, 0.1) is 0 Å². The van der Waals surface area contributed by atoms with Gasteiger partial charge in [0.15, 0.2) is 0 Å². The predicted molar refractivity (Wildman–Crippen MR) is 97.6 cm³/mol. The van der Waals surface area contributed by atoms with E-state index in [0.29, 0.717) is 38.3 Å². The Morgan fingerprint density at radius 2 is 2.12 bits per heavy atom. The van der Waals surface area contributed by atoms with E-state index in [-0.39, 0.29) is 5.91 Å². The molecule has 0 aliphatic carbocycles. The molecule has 2 aromatic heterocycles. The molecule has 1 saturated heterocycles. The van der Waals surface area contributed by atoms with E-state index in [1.54, 1.807) is 41.3 Å². The van der Waals surface area contributed by atoms with Crippen LogP contribution in [0.4, 0.5) is 5.95 Å². The van der Waals surface area contributed by atoms with Crippen LogP contribution in [0.1, 0.15) is 25.0 Å². The fourth-order valence-corrected chi connectivity index (χ4v) is 3.47. The molecule has 1 aliphatic heterocycles. The minimum Gasteiger partial charge on any atom is -0.386 e. The summed E-state index contributed by atoms with van der Waals surface area (Å²) in [5.74, 6) is 0.642. The molecule has 0 spiro atoms. The number of anilines is 1. The van der Waals surface area contributed by atoms with Crippen LogP contribution in [0.15, 0.2) is 30.7 Å². The topological polar surface area (TPSA) is 87.4 Å². The standard InChI is InChI=1S/C18H26N6O2/c1-22(16(25)6-5-15-7-11-21-23(15)2)13-18(26)8-3-12-24(14-18)17-19-9-4-10-20-17/h4,7,9-11,26H,3,5-6,8,12-14H2,1-2H3/t18-/m0/s1. The monoisotopic (exact) mass is 358 g/mol. The first-order valence-electron chi connectivity index (χ1n) is 8.92. The summed E-state index contributed by atoms with van der Waals surface area (Å²) in [6.07, 6.45) is 7.67. The highest BCUT2D eigenvalue weighted by Crippen LogP contribution is 2.24. The van der Waals surface area contributed by atoms with Crippen LogP contribution in [0.5, 0.6) is 0 Å². The Hall–Kier alpha value is -2.48. The first-order valence-corrected chi connectivity index (χ1v) is 8.92. The van der Waals surface area contributed by atoms with Crippen molar-refractivity contribution in [3.05, 3.63) is 36.4 Å². The summed E-state index contributed by atoms with van der Waals surface area (Å²) in [6.45, 7) is 1.54. The van der Waals surface area contributed by atoms with Crippen LogP contribution in [0.25, 0.3) is 0 Å². The summed E-state index contributed by atoms with van der Waals surface area (Å²) in [5.41, 5.74) is 0.0736. The molecule has 0 radical (unpaired) electrons. The summed E-state index contributed by atoms with van der Waals surface area (Å²) in [7, 11) is 3.62. The van der Waals surface area contributed by atoms with Crippen LogP contribution >= 0.6 is 0 Å².